The van der Waals surface area contributed by atoms with Gasteiger partial charge in [-0.1, -0.05) is 42.0 Å². The van der Waals surface area contributed by atoms with Gasteiger partial charge in [0.15, 0.2) is 0 Å². The van der Waals surface area contributed by atoms with Crippen LogP contribution in [0.3, 0.4) is 0 Å². The summed E-state index contributed by atoms with van der Waals surface area (Å²) in [6.07, 6.45) is 1.61. The molecule has 1 aromatic heterocycles. The molecule has 1 unspecified atom stereocenters. The number of nitrogens with one attached hydrogen (secondary N) is 2. The summed E-state index contributed by atoms with van der Waals surface area (Å²) >= 11 is 0. The summed E-state index contributed by atoms with van der Waals surface area (Å²) in [6, 6.07) is 16.6. The number of imidazole rings is 1. The molecular formula is C21H26N4O. The lowest BCUT2D eigenvalue weighted by Gasteiger charge is -2.25. The van der Waals surface area contributed by atoms with Crippen LogP contribution in [0.2, 0.25) is 0 Å². The van der Waals surface area contributed by atoms with Gasteiger partial charge in [0.2, 0.25) is 5.95 Å². The topological polar surface area (TPSA) is 62.1 Å². The normalized spacial score (nSPS) is 16.7. The second-order valence-corrected chi connectivity index (χ2v) is 7.13. The van der Waals surface area contributed by atoms with Crippen LogP contribution in [0.25, 0.3) is 11.0 Å². The number of hydrogen-bond donors (Lipinski definition) is 3. The van der Waals surface area contributed by atoms with Crippen LogP contribution < -0.4 is 10.6 Å². The fourth-order valence-corrected chi connectivity index (χ4v) is 3.59. The summed E-state index contributed by atoms with van der Waals surface area (Å²) in [5.41, 5.74) is 4.14. The van der Waals surface area contributed by atoms with E-state index in [2.05, 4.69) is 28.2 Å². The summed E-state index contributed by atoms with van der Waals surface area (Å²) in [5, 5.41) is 17.8. The number of anilines is 1. The largest absolute Gasteiger partial charge is 0.387 e. The molecule has 0 radical (unpaired) electrons. The number of piperidine rings is 1. The van der Waals surface area contributed by atoms with Crippen molar-refractivity contribution in [3.05, 3.63) is 59.7 Å². The summed E-state index contributed by atoms with van der Waals surface area (Å²) in [4.78, 5) is 4.79. The fraction of sp³-hybridized carbons (Fsp3) is 0.381. The van der Waals surface area contributed by atoms with Crippen molar-refractivity contribution >= 4 is 17.0 Å². The van der Waals surface area contributed by atoms with Crippen molar-refractivity contribution in [2.24, 2.45) is 0 Å². The quantitative estimate of drug-likeness (QED) is 0.661. The van der Waals surface area contributed by atoms with E-state index in [9.17, 15) is 5.11 Å². The molecule has 1 atom stereocenters. The Morgan fingerprint density at radius 1 is 1.15 bits per heavy atom. The van der Waals surface area contributed by atoms with Crippen molar-refractivity contribution in [3.8, 4) is 0 Å². The van der Waals surface area contributed by atoms with Gasteiger partial charge >= 0.3 is 0 Å². The molecular weight excluding hydrogens is 324 g/mol. The molecule has 136 valence electrons. The van der Waals surface area contributed by atoms with Crippen molar-refractivity contribution in [2.45, 2.75) is 38.5 Å². The first-order valence-corrected chi connectivity index (χ1v) is 9.38. The SMILES string of the molecule is Cc1ccc(C(O)Cn2c(NC3CCNCC3)nc3ccccc32)cc1. The highest BCUT2D eigenvalue weighted by molar-refractivity contribution is 5.78. The first-order valence-electron chi connectivity index (χ1n) is 9.38. The molecule has 0 bridgehead atoms. The second kappa shape index (κ2) is 7.48. The molecule has 1 fully saturated rings. The van der Waals surface area contributed by atoms with Crippen molar-refractivity contribution in [1.82, 2.24) is 14.9 Å². The van der Waals surface area contributed by atoms with Gasteiger partial charge in [-0.3, -0.25) is 0 Å². The summed E-state index contributed by atoms with van der Waals surface area (Å²) in [5.74, 6) is 0.851. The van der Waals surface area contributed by atoms with E-state index < -0.39 is 6.10 Å². The lowest BCUT2D eigenvalue weighted by atomic mass is 10.1. The maximum atomic E-state index is 10.8. The molecule has 0 saturated carbocycles. The smallest absolute Gasteiger partial charge is 0.204 e. The number of aliphatic hydroxyl groups excluding tert-OH is 1. The molecule has 5 nitrogen and oxygen atoms in total. The highest BCUT2D eigenvalue weighted by Crippen LogP contribution is 2.25. The van der Waals surface area contributed by atoms with Crippen LogP contribution >= 0.6 is 0 Å². The molecule has 1 aliphatic heterocycles. The van der Waals surface area contributed by atoms with Gasteiger partial charge in [0.05, 0.1) is 23.7 Å². The minimum absolute atomic E-state index is 0.420. The Balaban J connectivity index is 1.63. The van der Waals surface area contributed by atoms with Gasteiger partial charge in [-0.2, -0.15) is 0 Å². The van der Waals surface area contributed by atoms with Crippen molar-refractivity contribution < 1.29 is 5.11 Å². The third kappa shape index (κ3) is 3.59. The van der Waals surface area contributed by atoms with Crippen LogP contribution in [0.1, 0.15) is 30.1 Å². The van der Waals surface area contributed by atoms with E-state index in [-0.39, 0.29) is 0 Å². The first kappa shape index (κ1) is 17.1. The minimum Gasteiger partial charge on any atom is -0.387 e. The van der Waals surface area contributed by atoms with Gasteiger partial charge in [-0.15, -0.1) is 0 Å². The predicted molar refractivity (Wildman–Crippen MR) is 105 cm³/mol. The number of hydrogen-bond acceptors (Lipinski definition) is 4. The van der Waals surface area contributed by atoms with Crippen LogP contribution in [0.4, 0.5) is 5.95 Å². The first-order chi connectivity index (χ1) is 12.7. The molecule has 1 aliphatic rings. The maximum absolute atomic E-state index is 10.8. The van der Waals surface area contributed by atoms with E-state index in [0.29, 0.717) is 12.6 Å². The Bertz CT molecular complexity index is 865. The molecule has 5 heteroatoms. The van der Waals surface area contributed by atoms with Gasteiger partial charge in [-0.25, -0.2) is 4.98 Å². The zero-order chi connectivity index (χ0) is 17.9. The molecule has 0 aliphatic carbocycles. The van der Waals surface area contributed by atoms with E-state index in [1.54, 1.807) is 0 Å². The number of rotatable bonds is 5. The molecule has 2 aromatic carbocycles. The second-order valence-electron chi connectivity index (χ2n) is 7.13. The van der Waals surface area contributed by atoms with Crippen LogP contribution in [-0.2, 0) is 6.54 Å². The zero-order valence-electron chi connectivity index (χ0n) is 15.2. The summed E-state index contributed by atoms with van der Waals surface area (Å²) < 4.78 is 2.11. The molecule has 0 spiro atoms. The fourth-order valence-electron chi connectivity index (χ4n) is 3.59. The Labute approximate surface area is 154 Å². The average molecular weight is 350 g/mol. The monoisotopic (exact) mass is 350 g/mol. The van der Waals surface area contributed by atoms with Crippen LogP contribution in [0.5, 0.6) is 0 Å². The van der Waals surface area contributed by atoms with Crippen LogP contribution in [0, 0.1) is 6.92 Å². The third-order valence-corrected chi connectivity index (χ3v) is 5.14. The Morgan fingerprint density at radius 3 is 2.65 bits per heavy atom. The number of nitrogens with zero attached hydrogens (tertiary/aromatic N) is 2. The van der Waals surface area contributed by atoms with E-state index in [4.69, 9.17) is 4.98 Å². The molecule has 3 aromatic rings. The van der Waals surface area contributed by atoms with E-state index in [1.807, 2.05) is 42.5 Å². The molecule has 2 heterocycles. The van der Waals surface area contributed by atoms with Gasteiger partial charge < -0.3 is 20.3 Å². The van der Waals surface area contributed by atoms with Crippen molar-refractivity contribution in [1.29, 1.82) is 0 Å². The highest BCUT2D eigenvalue weighted by atomic mass is 16.3. The lowest BCUT2D eigenvalue weighted by Crippen LogP contribution is -2.36. The van der Waals surface area contributed by atoms with E-state index in [1.165, 1.54) is 5.56 Å². The number of aryl methyl sites for hydroxylation is 1. The lowest BCUT2D eigenvalue weighted by molar-refractivity contribution is 0.158. The average Bonchev–Trinajstić information content (AvgIpc) is 3.00. The van der Waals surface area contributed by atoms with Crippen LogP contribution in [-0.4, -0.2) is 33.8 Å². The highest BCUT2D eigenvalue weighted by Gasteiger charge is 2.19. The minimum atomic E-state index is -0.568. The molecule has 0 amide bonds. The van der Waals surface area contributed by atoms with E-state index in [0.717, 1.165) is 48.5 Å². The Kier molecular flexibility index (Phi) is 4.91. The van der Waals surface area contributed by atoms with Gasteiger partial charge in [0.25, 0.3) is 0 Å². The van der Waals surface area contributed by atoms with Crippen molar-refractivity contribution in [2.75, 3.05) is 18.4 Å². The molecule has 4 rings (SSSR count). The molecule has 26 heavy (non-hydrogen) atoms. The maximum Gasteiger partial charge on any atom is 0.204 e. The Morgan fingerprint density at radius 2 is 1.88 bits per heavy atom. The summed E-state index contributed by atoms with van der Waals surface area (Å²) in [7, 11) is 0. The van der Waals surface area contributed by atoms with Crippen LogP contribution in [0.15, 0.2) is 48.5 Å². The van der Waals surface area contributed by atoms with Gasteiger partial charge in [0.1, 0.15) is 0 Å². The Hall–Kier alpha value is -2.37. The number of benzene rings is 2. The molecule has 1 saturated heterocycles. The summed E-state index contributed by atoms with van der Waals surface area (Å²) in [6.45, 7) is 4.60. The molecule has 3 N–H and O–H groups in total. The standard InChI is InChI=1S/C21H26N4O/c1-15-6-8-16(9-7-15)20(26)14-25-19-5-3-2-4-18(19)24-21(25)23-17-10-12-22-13-11-17/h2-9,17,20,22,26H,10-14H2,1H3,(H,23,24). The third-order valence-electron chi connectivity index (χ3n) is 5.14. The van der Waals surface area contributed by atoms with Crippen molar-refractivity contribution in [3.63, 3.8) is 0 Å². The zero-order valence-corrected chi connectivity index (χ0v) is 15.2. The number of aromatic nitrogens is 2. The number of aliphatic hydroxyl groups is 1. The van der Waals surface area contributed by atoms with Gasteiger partial charge in [0, 0.05) is 6.04 Å². The predicted octanol–water partition coefficient (Wildman–Crippen LogP) is 3.24. The number of para-hydroxylation sites is 2. The number of fused-ring (bicyclic) bond motifs is 1. The van der Waals surface area contributed by atoms with Gasteiger partial charge in [-0.05, 0) is 50.6 Å². The van der Waals surface area contributed by atoms with E-state index >= 15 is 0 Å².